The molecular weight excluding hydrogens is 220 g/mol. The van der Waals surface area contributed by atoms with Crippen LogP contribution in [0.4, 0.5) is 0 Å². The van der Waals surface area contributed by atoms with Crippen LogP contribution >= 0.6 is 0 Å². The van der Waals surface area contributed by atoms with Gasteiger partial charge < -0.3 is 10.6 Å². The van der Waals surface area contributed by atoms with E-state index in [0.29, 0.717) is 5.92 Å². The van der Waals surface area contributed by atoms with Crippen molar-refractivity contribution in [1.82, 2.24) is 4.90 Å². The zero-order chi connectivity index (χ0) is 13.2. The zero-order valence-corrected chi connectivity index (χ0v) is 11.9. The predicted molar refractivity (Wildman–Crippen MR) is 77.9 cm³/mol. The van der Waals surface area contributed by atoms with E-state index in [4.69, 9.17) is 5.73 Å². The molecule has 0 aromatic heterocycles. The van der Waals surface area contributed by atoms with Crippen LogP contribution in [0, 0.1) is 0 Å². The number of benzene rings is 1. The van der Waals surface area contributed by atoms with Gasteiger partial charge in [0.25, 0.3) is 0 Å². The van der Waals surface area contributed by atoms with Gasteiger partial charge in [-0.05, 0) is 56.8 Å². The molecule has 1 aliphatic rings. The molecule has 1 aliphatic carbocycles. The van der Waals surface area contributed by atoms with Crippen LogP contribution in [-0.2, 0) is 6.42 Å². The van der Waals surface area contributed by atoms with E-state index in [2.05, 4.69) is 50.2 Å². The maximum absolute atomic E-state index is 6.01. The van der Waals surface area contributed by atoms with Crippen LogP contribution in [0.25, 0.3) is 0 Å². The highest BCUT2D eigenvalue weighted by molar-refractivity contribution is 5.27. The zero-order valence-electron chi connectivity index (χ0n) is 11.9. The molecule has 0 aliphatic heterocycles. The Hall–Kier alpha value is -0.860. The average molecular weight is 246 g/mol. The normalized spacial score (nSPS) is 27.9. The molecule has 0 heterocycles. The maximum Gasteiger partial charge on any atom is 0.0331 e. The van der Waals surface area contributed by atoms with Crippen molar-refractivity contribution in [3.8, 4) is 0 Å². The predicted octanol–water partition coefficient (Wildman–Crippen LogP) is 2.78. The van der Waals surface area contributed by atoms with Crippen molar-refractivity contribution in [2.24, 2.45) is 5.73 Å². The van der Waals surface area contributed by atoms with Crippen LogP contribution in [0.3, 0.4) is 0 Å². The van der Waals surface area contributed by atoms with Crippen molar-refractivity contribution >= 4 is 0 Å². The van der Waals surface area contributed by atoms with E-state index in [1.807, 2.05) is 0 Å². The summed E-state index contributed by atoms with van der Waals surface area (Å²) >= 11 is 0. The largest absolute Gasteiger partial charge is 0.329 e. The van der Waals surface area contributed by atoms with Crippen molar-refractivity contribution in [2.75, 3.05) is 20.6 Å². The molecule has 0 spiro atoms. The third kappa shape index (κ3) is 2.45. The van der Waals surface area contributed by atoms with Gasteiger partial charge in [-0.25, -0.2) is 0 Å². The first-order valence-electron chi connectivity index (χ1n) is 7.07. The maximum atomic E-state index is 6.01. The lowest BCUT2D eigenvalue weighted by Crippen LogP contribution is -2.48. The summed E-state index contributed by atoms with van der Waals surface area (Å²) in [4.78, 5) is 2.33. The molecule has 2 N–H and O–H groups in total. The van der Waals surface area contributed by atoms with Crippen molar-refractivity contribution in [1.29, 1.82) is 0 Å². The quantitative estimate of drug-likeness (QED) is 0.885. The van der Waals surface area contributed by atoms with Crippen molar-refractivity contribution in [3.63, 3.8) is 0 Å². The molecule has 1 fully saturated rings. The summed E-state index contributed by atoms with van der Waals surface area (Å²) in [6, 6.07) is 9.17. The van der Waals surface area contributed by atoms with E-state index in [9.17, 15) is 0 Å². The Morgan fingerprint density at radius 3 is 2.39 bits per heavy atom. The third-order valence-corrected chi connectivity index (χ3v) is 4.77. The smallest absolute Gasteiger partial charge is 0.0331 e. The highest BCUT2D eigenvalue weighted by atomic mass is 15.2. The van der Waals surface area contributed by atoms with E-state index >= 15 is 0 Å². The summed E-state index contributed by atoms with van der Waals surface area (Å²) < 4.78 is 0. The van der Waals surface area contributed by atoms with Crippen molar-refractivity contribution in [3.05, 3.63) is 35.4 Å². The van der Waals surface area contributed by atoms with Crippen LogP contribution in [0.1, 0.15) is 43.2 Å². The summed E-state index contributed by atoms with van der Waals surface area (Å²) in [6.07, 6.45) is 4.80. The van der Waals surface area contributed by atoms with E-state index in [-0.39, 0.29) is 5.54 Å². The second kappa shape index (κ2) is 5.41. The summed E-state index contributed by atoms with van der Waals surface area (Å²) in [7, 11) is 4.32. The number of aryl methyl sites for hydroxylation is 1. The summed E-state index contributed by atoms with van der Waals surface area (Å²) in [5, 5.41) is 0. The fourth-order valence-electron chi connectivity index (χ4n) is 3.19. The molecule has 2 heteroatoms. The number of rotatable bonds is 4. The first-order chi connectivity index (χ1) is 8.61. The lowest BCUT2D eigenvalue weighted by Gasteiger charge is -2.35. The molecule has 1 aromatic rings. The molecule has 0 amide bonds. The first kappa shape index (κ1) is 13.6. The molecule has 2 atom stereocenters. The lowest BCUT2D eigenvalue weighted by molar-refractivity contribution is 0.165. The number of nitrogens with zero attached hydrogens (tertiary/aromatic N) is 1. The lowest BCUT2D eigenvalue weighted by atomic mass is 9.91. The molecule has 0 bridgehead atoms. The minimum Gasteiger partial charge on any atom is -0.329 e. The highest BCUT2D eigenvalue weighted by Gasteiger charge is 2.40. The van der Waals surface area contributed by atoms with Gasteiger partial charge in [0, 0.05) is 12.1 Å². The molecule has 1 saturated carbocycles. The van der Waals surface area contributed by atoms with E-state index < -0.39 is 0 Å². The SMILES string of the molecule is CCc1ccc(C2CCC(CN)(N(C)C)C2)cc1. The van der Waals surface area contributed by atoms with Crippen molar-refractivity contribution in [2.45, 2.75) is 44.1 Å². The Morgan fingerprint density at radius 2 is 1.94 bits per heavy atom. The molecule has 0 radical (unpaired) electrons. The van der Waals surface area contributed by atoms with E-state index in [0.717, 1.165) is 13.0 Å². The Kier molecular flexibility index (Phi) is 4.08. The minimum atomic E-state index is 0.216. The molecule has 1 aromatic carbocycles. The second-order valence-electron chi connectivity index (χ2n) is 5.86. The topological polar surface area (TPSA) is 29.3 Å². The van der Waals surface area contributed by atoms with Gasteiger partial charge in [0.15, 0.2) is 0 Å². The standard InChI is InChI=1S/C16H26N2/c1-4-13-5-7-14(8-6-13)15-9-10-16(11-15,12-17)18(2)3/h5-8,15H,4,9-12,17H2,1-3H3. The summed E-state index contributed by atoms with van der Waals surface area (Å²) in [5.41, 5.74) is 9.15. The van der Waals surface area contributed by atoms with Crippen molar-refractivity contribution < 1.29 is 0 Å². The van der Waals surface area contributed by atoms with Gasteiger partial charge in [0.2, 0.25) is 0 Å². The molecule has 18 heavy (non-hydrogen) atoms. The summed E-state index contributed by atoms with van der Waals surface area (Å²) in [6.45, 7) is 2.97. The Bertz CT molecular complexity index is 383. The molecule has 2 nitrogen and oxygen atoms in total. The van der Waals surface area contributed by atoms with Gasteiger partial charge in [0.1, 0.15) is 0 Å². The fraction of sp³-hybridized carbons (Fsp3) is 0.625. The Balaban J connectivity index is 2.12. The molecule has 0 saturated heterocycles. The van der Waals surface area contributed by atoms with Crippen LogP contribution in [-0.4, -0.2) is 31.1 Å². The average Bonchev–Trinajstić information content (AvgIpc) is 2.84. The van der Waals surface area contributed by atoms with Crippen LogP contribution in [0.2, 0.25) is 0 Å². The van der Waals surface area contributed by atoms with Crippen LogP contribution in [0.5, 0.6) is 0 Å². The van der Waals surface area contributed by atoms with Gasteiger partial charge in [-0.1, -0.05) is 31.2 Å². The first-order valence-corrected chi connectivity index (χ1v) is 7.07. The number of likely N-dealkylation sites (N-methyl/N-ethyl adjacent to an activating group) is 1. The summed E-state index contributed by atoms with van der Waals surface area (Å²) in [5.74, 6) is 0.682. The molecule has 2 unspecified atom stereocenters. The molecular formula is C16H26N2. The minimum absolute atomic E-state index is 0.216. The van der Waals surface area contributed by atoms with Gasteiger partial charge in [-0.3, -0.25) is 0 Å². The number of nitrogens with two attached hydrogens (primary N) is 1. The van der Waals surface area contributed by atoms with Gasteiger partial charge in [-0.15, -0.1) is 0 Å². The molecule has 2 rings (SSSR count). The van der Waals surface area contributed by atoms with Gasteiger partial charge >= 0.3 is 0 Å². The van der Waals surface area contributed by atoms with Gasteiger partial charge in [-0.2, -0.15) is 0 Å². The van der Waals surface area contributed by atoms with E-state index in [1.165, 1.54) is 30.4 Å². The Morgan fingerprint density at radius 1 is 1.28 bits per heavy atom. The monoisotopic (exact) mass is 246 g/mol. The highest BCUT2D eigenvalue weighted by Crippen LogP contribution is 2.42. The second-order valence-corrected chi connectivity index (χ2v) is 5.86. The Labute approximate surface area is 111 Å². The third-order valence-electron chi connectivity index (χ3n) is 4.77. The van der Waals surface area contributed by atoms with Crippen LogP contribution in [0.15, 0.2) is 24.3 Å². The number of hydrogen-bond donors (Lipinski definition) is 1. The van der Waals surface area contributed by atoms with E-state index in [1.54, 1.807) is 0 Å². The molecule has 100 valence electrons. The number of hydrogen-bond acceptors (Lipinski definition) is 2. The van der Waals surface area contributed by atoms with Gasteiger partial charge in [0.05, 0.1) is 0 Å². The fourth-order valence-corrected chi connectivity index (χ4v) is 3.19. The van der Waals surface area contributed by atoms with Crippen LogP contribution < -0.4 is 5.73 Å².